The fourth-order valence-electron chi connectivity index (χ4n) is 1.82. The minimum Gasteiger partial charge on any atom is -0.312 e. The van der Waals surface area contributed by atoms with Crippen LogP contribution in [0.15, 0.2) is 15.8 Å². The lowest BCUT2D eigenvalue weighted by Gasteiger charge is -2.13. The van der Waals surface area contributed by atoms with Crippen molar-refractivity contribution in [2.24, 2.45) is 5.92 Å². The molecule has 0 radical (unpaired) electrons. The first-order valence-electron chi connectivity index (χ1n) is 5.80. The fourth-order valence-corrected chi connectivity index (χ4v) is 1.99. The van der Waals surface area contributed by atoms with Gasteiger partial charge in [-0.15, -0.1) is 0 Å². The van der Waals surface area contributed by atoms with Crippen LogP contribution in [0.25, 0.3) is 0 Å². The maximum Gasteiger partial charge on any atom is 0.328 e. The van der Waals surface area contributed by atoms with Gasteiger partial charge in [-0.05, 0) is 25.7 Å². The first kappa shape index (κ1) is 12.4. The van der Waals surface area contributed by atoms with Gasteiger partial charge >= 0.3 is 5.69 Å². The summed E-state index contributed by atoms with van der Waals surface area (Å²) in [6, 6.07) is 0.490. The highest BCUT2D eigenvalue weighted by Gasteiger charge is 2.27. The molecule has 0 bridgehead atoms. The molecule has 0 aliphatic heterocycles. The summed E-state index contributed by atoms with van der Waals surface area (Å²) in [5.74, 6) is 0.783. The zero-order chi connectivity index (χ0) is 12.4. The zero-order valence-corrected chi connectivity index (χ0v) is 10.5. The molecular formula is C11H16ClN3O2. The van der Waals surface area contributed by atoms with Crippen LogP contribution >= 0.6 is 11.6 Å². The van der Waals surface area contributed by atoms with E-state index in [9.17, 15) is 9.59 Å². The Kier molecular flexibility index (Phi) is 3.69. The number of halogens is 1. The predicted molar refractivity (Wildman–Crippen MR) is 66.5 cm³/mol. The number of hydrogen-bond donors (Lipinski definition) is 2. The van der Waals surface area contributed by atoms with Gasteiger partial charge in [0.2, 0.25) is 0 Å². The van der Waals surface area contributed by atoms with E-state index in [0.29, 0.717) is 19.1 Å². The molecule has 1 aliphatic carbocycles. The Morgan fingerprint density at radius 2 is 2.29 bits per heavy atom. The van der Waals surface area contributed by atoms with Crippen LogP contribution < -0.4 is 16.6 Å². The molecule has 1 heterocycles. The fraction of sp³-hybridized carbons (Fsp3) is 0.636. The summed E-state index contributed by atoms with van der Waals surface area (Å²) in [4.78, 5) is 24.7. The highest BCUT2D eigenvalue weighted by atomic mass is 35.5. The third-order valence-corrected chi connectivity index (χ3v) is 3.38. The number of hydrogen-bond acceptors (Lipinski definition) is 3. The second kappa shape index (κ2) is 5.06. The van der Waals surface area contributed by atoms with Crippen molar-refractivity contribution in [2.45, 2.75) is 32.4 Å². The van der Waals surface area contributed by atoms with Gasteiger partial charge in [-0.25, -0.2) is 4.79 Å². The molecule has 17 heavy (non-hydrogen) atoms. The van der Waals surface area contributed by atoms with E-state index in [1.54, 1.807) is 0 Å². The largest absolute Gasteiger partial charge is 0.328 e. The number of rotatable bonds is 5. The Morgan fingerprint density at radius 3 is 2.94 bits per heavy atom. The number of aromatic amines is 1. The van der Waals surface area contributed by atoms with E-state index in [4.69, 9.17) is 11.6 Å². The van der Waals surface area contributed by atoms with Gasteiger partial charge in [0.15, 0.2) is 0 Å². The minimum absolute atomic E-state index is 0.0415. The molecule has 1 aromatic heterocycles. The molecule has 0 saturated heterocycles. The van der Waals surface area contributed by atoms with Gasteiger partial charge in [0, 0.05) is 25.3 Å². The first-order valence-corrected chi connectivity index (χ1v) is 6.18. The molecule has 2 N–H and O–H groups in total. The lowest BCUT2D eigenvalue weighted by atomic mass is 10.2. The van der Waals surface area contributed by atoms with Crippen LogP contribution in [0.5, 0.6) is 0 Å². The van der Waals surface area contributed by atoms with E-state index in [1.165, 1.54) is 23.6 Å². The predicted octanol–water partition coefficient (Wildman–Crippen LogP) is 0.578. The summed E-state index contributed by atoms with van der Waals surface area (Å²) in [5.41, 5.74) is -0.951. The van der Waals surface area contributed by atoms with Crippen LogP contribution in [-0.2, 0) is 6.54 Å². The Morgan fingerprint density at radius 1 is 1.59 bits per heavy atom. The van der Waals surface area contributed by atoms with E-state index in [-0.39, 0.29) is 5.02 Å². The van der Waals surface area contributed by atoms with Crippen molar-refractivity contribution >= 4 is 11.6 Å². The normalized spacial score (nSPS) is 17.1. The summed E-state index contributed by atoms with van der Waals surface area (Å²) in [6.07, 6.45) is 3.96. The smallest absolute Gasteiger partial charge is 0.312 e. The molecule has 5 nitrogen and oxygen atoms in total. The Balaban J connectivity index is 1.92. The van der Waals surface area contributed by atoms with Crippen LogP contribution in [0.4, 0.5) is 0 Å². The average Bonchev–Trinajstić information content (AvgIpc) is 3.09. The van der Waals surface area contributed by atoms with Crippen molar-refractivity contribution in [1.29, 1.82) is 0 Å². The van der Waals surface area contributed by atoms with Crippen molar-refractivity contribution in [3.63, 3.8) is 0 Å². The zero-order valence-electron chi connectivity index (χ0n) is 9.70. The summed E-state index contributed by atoms with van der Waals surface area (Å²) in [5, 5.41) is 3.40. The van der Waals surface area contributed by atoms with Gasteiger partial charge in [0.25, 0.3) is 5.56 Å². The van der Waals surface area contributed by atoms with Gasteiger partial charge in [-0.3, -0.25) is 14.3 Å². The quantitative estimate of drug-likeness (QED) is 0.811. The van der Waals surface area contributed by atoms with E-state index in [0.717, 1.165) is 5.92 Å². The molecule has 1 fully saturated rings. The monoisotopic (exact) mass is 257 g/mol. The lowest BCUT2D eigenvalue weighted by Crippen LogP contribution is -2.35. The number of nitrogens with zero attached hydrogens (tertiary/aromatic N) is 1. The van der Waals surface area contributed by atoms with E-state index in [1.807, 2.05) is 0 Å². The standard InChI is InChI=1S/C11H16ClN3O2/c1-7(8-2-3-8)13-4-5-15-6-9(12)10(16)14-11(15)17/h6-8,13H,2-5H2,1H3,(H,14,16,17). The van der Waals surface area contributed by atoms with Crippen LogP contribution in [0, 0.1) is 5.92 Å². The third kappa shape index (κ3) is 3.20. The van der Waals surface area contributed by atoms with Crippen molar-refractivity contribution < 1.29 is 0 Å². The Hall–Kier alpha value is -1.07. The average molecular weight is 258 g/mol. The molecular weight excluding hydrogens is 242 g/mol. The lowest BCUT2D eigenvalue weighted by molar-refractivity contribution is 0.469. The van der Waals surface area contributed by atoms with Crippen molar-refractivity contribution in [3.05, 3.63) is 32.1 Å². The van der Waals surface area contributed by atoms with Crippen molar-refractivity contribution in [2.75, 3.05) is 6.54 Å². The maximum atomic E-state index is 11.4. The van der Waals surface area contributed by atoms with Crippen LogP contribution in [-0.4, -0.2) is 22.1 Å². The molecule has 1 saturated carbocycles. The SMILES string of the molecule is CC(NCCn1cc(Cl)c(=O)[nH]c1=O)C1CC1. The Bertz CT molecular complexity index is 504. The molecule has 1 aromatic rings. The van der Waals surface area contributed by atoms with Crippen molar-refractivity contribution in [3.8, 4) is 0 Å². The van der Waals surface area contributed by atoms with Gasteiger partial charge in [-0.1, -0.05) is 11.6 Å². The van der Waals surface area contributed by atoms with E-state index >= 15 is 0 Å². The molecule has 0 aromatic carbocycles. The van der Waals surface area contributed by atoms with Crippen LogP contribution in [0.1, 0.15) is 19.8 Å². The van der Waals surface area contributed by atoms with Crippen molar-refractivity contribution in [1.82, 2.24) is 14.9 Å². The molecule has 1 aliphatic rings. The maximum absolute atomic E-state index is 11.4. The van der Waals surface area contributed by atoms with Crippen LogP contribution in [0.3, 0.4) is 0 Å². The number of H-pyrrole nitrogens is 1. The van der Waals surface area contributed by atoms with Gasteiger partial charge in [-0.2, -0.15) is 0 Å². The van der Waals surface area contributed by atoms with E-state index in [2.05, 4.69) is 17.2 Å². The number of aromatic nitrogens is 2. The van der Waals surface area contributed by atoms with E-state index < -0.39 is 11.2 Å². The molecule has 6 heteroatoms. The highest BCUT2D eigenvalue weighted by Crippen LogP contribution is 2.32. The van der Waals surface area contributed by atoms with Gasteiger partial charge in [0.05, 0.1) is 0 Å². The molecule has 2 rings (SSSR count). The van der Waals surface area contributed by atoms with Crippen LogP contribution in [0.2, 0.25) is 5.02 Å². The Labute approximate surface area is 104 Å². The topological polar surface area (TPSA) is 66.9 Å². The summed E-state index contributed by atoms with van der Waals surface area (Å²) in [7, 11) is 0. The van der Waals surface area contributed by atoms with Gasteiger partial charge < -0.3 is 5.32 Å². The first-order chi connectivity index (χ1) is 8.08. The third-order valence-electron chi connectivity index (χ3n) is 3.12. The number of nitrogens with one attached hydrogen (secondary N) is 2. The molecule has 0 spiro atoms. The molecule has 1 atom stereocenters. The second-order valence-electron chi connectivity index (χ2n) is 4.51. The molecule has 94 valence electrons. The van der Waals surface area contributed by atoms with Gasteiger partial charge in [0.1, 0.15) is 5.02 Å². The molecule has 1 unspecified atom stereocenters. The summed E-state index contributed by atoms with van der Waals surface area (Å²) < 4.78 is 1.41. The minimum atomic E-state index is -0.535. The summed E-state index contributed by atoms with van der Waals surface area (Å²) >= 11 is 5.66. The summed E-state index contributed by atoms with van der Waals surface area (Å²) in [6.45, 7) is 3.35. The molecule has 0 amide bonds. The highest BCUT2D eigenvalue weighted by molar-refractivity contribution is 6.30. The second-order valence-corrected chi connectivity index (χ2v) is 4.92.